The molecule has 3 rings (SSSR count). The van der Waals surface area contributed by atoms with Gasteiger partial charge in [0, 0.05) is 42.0 Å². The normalized spacial score (nSPS) is 11.3. The molecule has 7 heteroatoms. The van der Waals surface area contributed by atoms with Gasteiger partial charge in [-0.15, -0.1) is 0 Å². The predicted molar refractivity (Wildman–Crippen MR) is 94.0 cm³/mol. The van der Waals surface area contributed by atoms with Gasteiger partial charge < -0.3 is 0 Å². The van der Waals surface area contributed by atoms with Gasteiger partial charge in [0.1, 0.15) is 5.82 Å². The van der Waals surface area contributed by atoms with Crippen LogP contribution in [-0.4, -0.2) is 25.8 Å². The highest BCUT2D eigenvalue weighted by atomic mass is 32.1. The standard InChI is InChI=1S/C17H17N5OS/c1-17(2,3)15-19-8-12(9-20-15)14(23)22-16-21-10-13(24-16)11-5-4-6-18-7-11/h4-10H,1-3H3,(H,21,22,23). The van der Waals surface area contributed by atoms with E-state index in [4.69, 9.17) is 0 Å². The van der Waals surface area contributed by atoms with Gasteiger partial charge in [0.25, 0.3) is 5.91 Å². The molecule has 0 aliphatic carbocycles. The maximum Gasteiger partial charge on any atom is 0.260 e. The minimum Gasteiger partial charge on any atom is -0.298 e. The van der Waals surface area contributed by atoms with Crippen molar-refractivity contribution in [3.05, 3.63) is 54.5 Å². The third-order valence-electron chi connectivity index (χ3n) is 3.26. The van der Waals surface area contributed by atoms with E-state index in [0.717, 1.165) is 10.4 Å². The Labute approximate surface area is 144 Å². The molecule has 0 unspecified atom stereocenters. The number of nitrogens with one attached hydrogen (secondary N) is 1. The highest BCUT2D eigenvalue weighted by Gasteiger charge is 2.18. The third kappa shape index (κ3) is 3.62. The molecule has 3 aromatic heterocycles. The summed E-state index contributed by atoms with van der Waals surface area (Å²) in [5.74, 6) is 0.426. The fourth-order valence-electron chi connectivity index (χ4n) is 1.98. The van der Waals surface area contributed by atoms with Gasteiger partial charge in [0.05, 0.1) is 10.4 Å². The minimum atomic E-state index is -0.275. The molecular formula is C17H17N5OS. The van der Waals surface area contributed by atoms with Crippen molar-refractivity contribution in [1.29, 1.82) is 0 Å². The summed E-state index contributed by atoms with van der Waals surface area (Å²) in [5, 5.41) is 3.30. The summed E-state index contributed by atoms with van der Waals surface area (Å²) < 4.78 is 0. The summed E-state index contributed by atoms with van der Waals surface area (Å²) in [6.45, 7) is 6.08. The molecular weight excluding hydrogens is 322 g/mol. The lowest BCUT2D eigenvalue weighted by Gasteiger charge is -2.15. The van der Waals surface area contributed by atoms with Crippen LogP contribution < -0.4 is 5.32 Å². The second-order valence-corrected chi connectivity index (χ2v) is 7.30. The molecule has 0 saturated carbocycles. The van der Waals surface area contributed by atoms with Gasteiger partial charge in [0.15, 0.2) is 5.13 Å². The summed E-state index contributed by atoms with van der Waals surface area (Å²) >= 11 is 1.39. The molecule has 6 nitrogen and oxygen atoms in total. The molecule has 0 atom stereocenters. The number of anilines is 1. The second-order valence-electron chi connectivity index (χ2n) is 6.27. The molecule has 0 aliphatic rings. The van der Waals surface area contributed by atoms with Gasteiger partial charge in [0.2, 0.25) is 0 Å². The molecule has 24 heavy (non-hydrogen) atoms. The van der Waals surface area contributed by atoms with Crippen molar-refractivity contribution in [3.8, 4) is 10.4 Å². The first-order chi connectivity index (χ1) is 11.4. The van der Waals surface area contributed by atoms with Crippen molar-refractivity contribution in [1.82, 2.24) is 19.9 Å². The highest BCUT2D eigenvalue weighted by Crippen LogP contribution is 2.28. The van der Waals surface area contributed by atoms with E-state index in [1.165, 1.54) is 11.3 Å². The quantitative estimate of drug-likeness (QED) is 0.789. The van der Waals surface area contributed by atoms with Crippen LogP contribution in [0.5, 0.6) is 0 Å². The lowest BCUT2D eigenvalue weighted by molar-refractivity contribution is 0.102. The first-order valence-corrected chi connectivity index (χ1v) is 8.25. The zero-order valence-electron chi connectivity index (χ0n) is 13.6. The highest BCUT2D eigenvalue weighted by molar-refractivity contribution is 7.19. The predicted octanol–water partition coefficient (Wildman–Crippen LogP) is 3.54. The summed E-state index contributed by atoms with van der Waals surface area (Å²) in [5.41, 5.74) is 1.22. The molecule has 0 spiro atoms. The number of carbonyl (C=O) groups excluding carboxylic acids is 1. The lowest BCUT2D eigenvalue weighted by atomic mass is 9.96. The number of nitrogens with zero attached hydrogens (tertiary/aromatic N) is 4. The van der Waals surface area contributed by atoms with Crippen LogP contribution in [0.15, 0.2) is 43.1 Å². The van der Waals surface area contributed by atoms with Gasteiger partial charge >= 0.3 is 0 Å². The Balaban J connectivity index is 1.72. The van der Waals surface area contributed by atoms with Gasteiger partial charge in [-0.05, 0) is 6.07 Å². The van der Waals surface area contributed by atoms with Crippen LogP contribution in [0.25, 0.3) is 10.4 Å². The van der Waals surface area contributed by atoms with E-state index in [2.05, 4.69) is 25.3 Å². The van der Waals surface area contributed by atoms with Gasteiger partial charge in [-0.3, -0.25) is 15.1 Å². The van der Waals surface area contributed by atoms with Crippen molar-refractivity contribution in [3.63, 3.8) is 0 Å². The van der Waals surface area contributed by atoms with Crippen LogP contribution in [0.2, 0.25) is 0 Å². The Morgan fingerprint density at radius 2 is 1.83 bits per heavy atom. The van der Waals surface area contributed by atoms with Gasteiger partial charge in [-0.2, -0.15) is 0 Å². The van der Waals surface area contributed by atoms with E-state index in [-0.39, 0.29) is 11.3 Å². The largest absolute Gasteiger partial charge is 0.298 e. The van der Waals surface area contributed by atoms with Gasteiger partial charge in [-0.1, -0.05) is 38.2 Å². The Kier molecular flexibility index (Phi) is 4.35. The van der Waals surface area contributed by atoms with E-state index in [1.807, 2.05) is 32.9 Å². The van der Waals surface area contributed by atoms with Crippen LogP contribution in [0.4, 0.5) is 5.13 Å². The molecule has 0 bridgehead atoms. The average Bonchev–Trinajstić information content (AvgIpc) is 3.03. The van der Waals surface area contributed by atoms with E-state index in [1.54, 1.807) is 31.0 Å². The summed E-state index contributed by atoms with van der Waals surface area (Å²) in [6, 6.07) is 3.81. The SMILES string of the molecule is CC(C)(C)c1ncc(C(=O)Nc2ncc(-c3cccnc3)s2)cn1. The van der Waals surface area contributed by atoms with Crippen LogP contribution in [0.3, 0.4) is 0 Å². The first-order valence-electron chi connectivity index (χ1n) is 7.43. The van der Waals surface area contributed by atoms with Crippen molar-refractivity contribution in [2.24, 2.45) is 0 Å². The number of amides is 1. The molecule has 122 valence electrons. The monoisotopic (exact) mass is 339 g/mol. The number of hydrogen-bond donors (Lipinski definition) is 1. The van der Waals surface area contributed by atoms with Crippen LogP contribution in [0, 0.1) is 0 Å². The lowest BCUT2D eigenvalue weighted by Crippen LogP contribution is -2.18. The molecule has 0 aromatic carbocycles. The molecule has 0 fully saturated rings. The number of pyridine rings is 1. The third-order valence-corrected chi connectivity index (χ3v) is 4.22. The zero-order valence-corrected chi connectivity index (χ0v) is 14.5. The topological polar surface area (TPSA) is 80.7 Å². The van der Waals surface area contributed by atoms with Crippen molar-refractivity contribution >= 4 is 22.4 Å². The molecule has 3 heterocycles. The second kappa shape index (κ2) is 6.45. The number of thiazole rings is 1. The summed E-state index contributed by atoms with van der Waals surface area (Å²) in [4.78, 5) is 30.1. The Morgan fingerprint density at radius 3 is 2.46 bits per heavy atom. The number of hydrogen-bond acceptors (Lipinski definition) is 6. The molecule has 3 aromatic rings. The Morgan fingerprint density at radius 1 is 1.08 bits per heavy atom. The zero-order chi connectivity index (χ0) is 17.2. The smallest absolute Gasteiger partial charge is 0.260 e. The summed E-state index contributed by atoms with van der Waals surface area (Å²) in [7, 11) is 0. The molecule has 0 radical (unpaired) electrons. The maximum atomic E-state index is 12.3. The van der Waals surface area contributed by atoms with Crippen LogP contribution in [-0.2, 0) is 5.41 Å². The molecule has 0 saturated heterocycles. The molecule has 1 N–H and O–H groups in total. The number of rotatable bonds is 3. The van der Waals surface area contributed by atoms with Crippen molar-refractivity contribution < 1.29 is 4.79 Å². The van der Waals surface area contributed by atoms with E-state index < -0.39 is 0 Å². The van der Waals surface area contributed by atoms with E-state index >= 15 is 0 Å². The maximum absolute atomic E-state index is 12.3. The fourth-order valence-corrected chi connectivity index (χ4v) is 2.78. The Hall–Kier alpha value is -2.67. The van der Waals surface area contributed by atoms with Crippen LogP contribution in [0.1, 0.15) is 37.0 Å². The minimum absolute atomic E-state index is 0.150. The number of carbonyl (C=O) groups is 1. The number of aromatic nitrogens is 4. The Bertz CT molecular complexity index is 837. The summed E-state index contributed by atoms with van der Waals surface area (Å²) in [6.07, 6.45) is 8.28. The molecule has 0 aliphatic heterocycles. The van der Waals surface area contributed by atoms with Gasteiger partial charge in [-0.25, -0.2) is 15.0 Å². The van der Waals surface area contributed by atoms with Crippen molar-refractivity contribution in [2.45, 2.75) is 26.2 Å². The fraction of sp³-hybridized carbons (Fsp3) is 0.235. The van der Waals surface area contributed by atoms with Crippen molar-refractivity contribution in [2.75, 3.05) is 5.32 Å². The first kappa shape index (κ1) is 16.2. The van der Waals surface area contributed by atoms with E-state index in [9.17, 15) is 4.79 Å². The van der Waals surface area contributed by atoms with Crippen LogP contribution >= 0.6 is 11.3 Å². The van der Waals surface area contributed by atoms with E-state index in [0.29, 0.717) is 16.5 Å². The average molecular weight is 339 g/mol. The molecule has 1 amide bonds.